The second-order valence-electron chi connectivity index (χ2n) is 3.67. The zero-order valence-electron chi connectivity index (χ0n) is 9.27. The number of rotatable bonds is 3. The number of carbonyl (C=O) groups is 1. The molecule has 0 saturated heterocycles. The molecular weight excluding hydrogens is 217 g/mol. The van der Waals surface area contributed by atoms with Crippen molar-refractivity contribution < 1.29 is 39.5 Å². The largest absolute Gasteiger partial charge is 1.00 e. The predicted octanol–water partition coefficient (Wildman–Crippen LogP) is -2.80. The topological polar surface area (TPSA) is 77.9 Å². The van der Waals surface area contributed by atoms with Gasteiger partial charge >= 0.3 is 29.6 Å². The Balaban J connectivity index is 0.00000128. The van der Waals surface area contributed by atoms with Crippen LogP contribution in [-0.2, 0) is 0 Å². The van der Waals surface area contributed by atoms with Gasteiger partial charge in [0.15, 0.2) is 5.82 Å². The molecule has 5 nitrogen and oxygen atoms in total. The van der Waals surface area contributed by atoms with Crippen LogP contribution >= 0.6 is 0 Å². The minimum absolute atomic E-state index is 0. The third kappa shape index (κ3) is 3.17. The fourth-order valence-corrected chi connectivity index (χ4v) is 1.86. The molecule has 0 aliphatic heterocycles. The Morgan fingerprint density at radius 1 is 1.31 bits per heavy atom. The molecule has 6 heteroatoms. The first-order valence-electron chi connectivity index (χ1n) is 5.06. The molecule has 1 aromatic heterocycles. The van der Waals surface area contributed by atoms with E-state index in [0.29, 0.717) is 11.9 Å². The summed E-state index contributed by atoms with van der Waals surface area (Å²) >= 11 is 0. The summed E-state index contributed by atoms with van der Waals surface area (Å²) in [6.45, 7) is 0. The molecule has 0 aromatic carbocycles. The number of carbonyl (C=O) groups excluding carboxylic acids is 1. The fraction of sp³-hybridized carbons (Fsp3) is 0.500. The second kappa shape index (κ2) is 6.18. The summed E-state index contributed by atoms with van der Waals surface area (Å²) in [6.07, 6.45) is 7.30. The maximum Gasteiger partial charge on any atom is 1.00 e. The van der Waals surface area contributed by atoms with Crippen molar-refractivity contribution in [2.75, 3.05) is 5.32 Å². The summed E-state index contributed by atoms with van der Waals surface area (Å²) in [4.78, 5) is 18.4. The molecule has 1 aromatic rings. The van der Waals surface area contributed by atoms with E-state index in [-0.39, 0.29) is 35.3 Å². The van der Waals surface area contributed by atoms with E-state index in [0.717, 1.165) is 12.8 Å². The van der Waals surface area contributed by atoms with Gasteiger partial charge in [-0.05, 0) is 12.8 Å². The number of nitrogens with one attached hydrogen (secondary N) is 1. The molecule has 2 rings (SSSR count). The van der Waals surface area contributed by atoms with Crippen LogP contribution in [0, 0.1) is 0 Å². The van der Waals surface area contributed by atoms with E-state index in [4.69, 9.17) is 0 Å². The van der Waals surface area contributed by atoms with Crippen molar-refractivity contribution in [2.24, 2.45) is 0 Å². The number of hydrogen-bond donors (Lipinski definition) is 1. The van der Waals surface area contributed by atoms with Gasteiger partial charge < -0.3 is 15.2 Å². The number of aromatic carboxylic acids is 1. The molecule has 1 heterocycles. The molecule has 1 saturated carbocycles. The van der Waals surface area contributed by atoms with E-state index in [1.807, 2.05) is 0 Å². The van der Waals surface area contributed by atoms with E-state index >= 15 is 0 Å². The summed E-state index contributed by atoms with van der Waals surface area (Å²) in [5.74, 6) is -0.965. The molecule has 80 valence electrons. The zero-order valence-corrected chi connectivity index (χ0v) is 11.3. The molecule has 0 atom stereocenters. The summed E-state index contributed by atoms with van der Waals surface area (Å²) in [5, 5.41) is 13.8. The van der Waals surface area contributed by atoms with E-state index in [9.17, 15) is 9.90 Å². The predicted molar refractivity (Wildman–Crippen MR) is 52.2 cm³/mol. The van der Waals surface area contributed by atoms with Crippen molar-refractivity contribution in [3.8, 4) is 0 Å². The molecule has 1 aliphatic rings. The maximum absolute atomic E-state index is 10.7. The van der Waals surface area contributed by atoms with Crippen molar-refractivity contribution in [1.29, 1.82) is 0 Å². The molecule has 0 unspecified atom stereocenters. The SMILES string of the molecule is O=C([O-])c1nccnc1NC1CCCC1.[Na+]. The Morgan fingerprint density at radius 2 is 1.94 bits per heavy atom. The number of hydrogen-bond acceptors (Lipinski definition) is 5. The molecular formula is C10H12N3NaO2. The van der Waals surface area contributed by atoms with Gasteiger partial charge in [0.1, 0.15) is 5.69 Å². The van der Waals surface area contributed by atoms with Crippen LogP contribution in [0.25, 0.3) is 0 Å². The molecule has 0 radical (unpaired) electrons. The van der Waals surface area contributed by atoms with Gasteiger partial charge in [0, 0.05) is 18.4 Å². The third-order valence-corrected chi connectivity index (χ3v) is 2.59. The number of carboxylic acids is 1. The van der Waals surface area contributed by atoms with Crippen molar-refractivity contribution in [3.05, 3.63) is 18.1 Å². The number of anilines is 1. The molecule has 1 fully saturated rings. The Kier molecular flexibility index (Phi) is 5.18. The van der Waals surface area contributed by atoms with Gasteiger partial charge in [0.2, 0.25) is 0 Å². The molecule has 1 N–H and O–H groups in total. The Bertz CT molecular complexity index is 367. The second-order valence-corrected chi connectivity index (χ2v) is 3.67. The zero-order chi connectivity index (χ0) is 10.7. The number of carboxylic acid groups (broad SMARTS) is 1. The number of nitrogens with zero attached hydrogens (tertiary/aromatic N) is 2. The molecule has 0 amide bonds. The van der Waals surface area contributed by atoms with Gasteiger partial charge in [-0.15, -0.1) is 0 Å². The standard InChI is InChI=1S/C10H13N3O2.Na/c14-10(15)8-9(12-6-5-11-8)13-7-3-1-2-4-7;/h5-7H,1-4H2,(H,12,13)(H,14,15);/q;+1/p-1. The average Bonchev–Trinajstić information content (AvgIpc) is 2.71. The van der Waals surface area contributed by atoms with Crippen molar-refractivity contribution in [3.63, 3.8) is 0 Å². The van der Waals surface area contributed by atoms with Gasteiger partial charge in [-0.3, -0.25) is 0 Å². The number of aromatic nitrogens is 2. The fourth-order valence-electron chi connectivity index (χ4n) is 1.86. The van der Waals surface area contributed by atoms with E-state index in [1.54, 1.807) is 0 Å². The van der Waals surface area contributed by atoms with Crippen LogP contribution in [0.1, 0.15) is 36.2 Å². The smallest absolute Gasteiger partial charge is 0.543 e. The van der Waals surface area contributed by atoms with Crippen LogP contribution in [-0.4, -0.2) is 22.0 Å². The van der Waals surface area contributed by atoms with Crippen LogP contribution in [0.15, 0.2) is 12.4 Å². The molecule has 0 bridgehead atoms. The van der Waals surface area contributed by atoms with Gasteiger partial charge in [-0.2, -0.15) is 0 Å². The summed E-state index contributed by atoms with van der Waals surface area (Å²) < 4.78 is 0. The van der Waals surface area contributed by atoms with Gasteiger partial charge in [-0.25, -0.2) is 9.97 Å². The Hall–Kier alpha value is -0.650. The first-order valence-corrected chi connectivity index (χ1v) is 5.06. The van der Waals surface area contributed by atoms with Crippen molar-refractivity contribution in [1.82, 2.24) is 9.97 Å². The van der Waals surface area contributed by atoms with E-state index in [2.05, 4.69) is 15.3 Å². The Morgan fingerprint density at radius 3 is 2.56 bits per heavy atom. The summed E-state index contributed by atoms with van der Waals surface area (Å²) in [5.41, 5.74) is -0.107. The monoisotopic (exact) mass is 229 g/mol. The summed E-state index contributed by atoms with van der Waals surface area (Å²) in [6, 6.07) is 0.319. The molecule has 16 heavy (non-hydrogen) atoms. The van der Waals surface area contributed by atoms with Crippen LogP contribution in [0.3, 0.4) is 0 Å². The van der Waals surface area contributed by atoms with E-state index < -0.39 is 5.97 Å². The molecule has 0 spiro atoms. The third-order valence-electron chi connectivity index (χ3n) is 2.59. The van der Waals surface area contributed by atoms with Crippen LogP contribution in [0.4, 0.5) is 5.82 Å². The van der Waals surface area contributed by atoms with Crippen LogP contribution < -0.4 is 40.0 Å². The van der Waals surface area contributed by atoms with Gasteiger partial charge in [0.25, 0.3) is 0 Å². The van der Waals surface area contributed by atoms with Gasteiger partial charge in [0.05, 0.1) is 5.97 Å². The maximum atomic E-state index is 10.7. The quantitative estimate of drug-likeness (QED) is 0.566. The minimum Gasteiger partial charge on any atom is -0.543 e. The van der Waals surface area contributed by atoms with Crippen molar-refractivity contribution in [2.45, 2.75) is 31.7 Å². The van der Waals surface area contributed by atoms with Crippen LogP contribution in [0.2, 0.25) is 0 Å². The van der Waals surface area contributed by atoms with Gasteiger partial charge in [-0.1, -0.05) is 12.8 Å². The summed E-state index contributed by atoms with van der Waals surface area (Å²) in [7, 11) is 0. The minimum atomic E-state index is -1.29. The Labute approximate surface area is 116 Å². The average molecular weight is 229 g/mol. The van der Waals surface area contributed by atoms with E-state index in [1.165, 1.54) is 25.2 Å². The molecule has 1 aliphatic carbocycles. The first kappa shape index (κ1) is 13.4. The normalized spacial score (nSPS) is 15.5. The van der Waals surface area contributed by atoms with Crippen molar-refractivity contribution >= 4 is 11.8 Å². The first-order chi connectivity index (χ1) is 7.27. The van der Waals surface area contributed by atoms with Crippen LogP contribution in [0.5, 0.6) is 0 Å².